The van der Waals surface area contributed by atoms with Crippen LogP contribution < -0.4 is 10.6 Å². The summed E-state index contributed by atoms with van der Waals surface area (Å²) in [7, 11) is 0. The van der Waals surface area contributed by atoms with Crippen molar-refractivity contribution in [1.29, 1.82) is 0 Å². The van der Waals surface area contributed by atoms with Gasteiger partial charge in [-0.1, -0.05) is 31.2 Å². The van der Waals surface area contributed by atoms with E-state index in [4.69, 9.17) is 0 Å². The van der Waals surface area contributed by atoms with Crippen LogP contribution in [0.15, 0.2) is 42.5 Å². The number of benzene rings is 2. The molecule has 2 aromatic rings. The van der Waals surface area contributed by atoms with Gasteiger partial charge >= 0.3 is 0 Å². The Balaban J connectivity index is 1.71. The number of hydrogen-bond donors (Lipinski definition) is 2. The monoisotopic (exact) mass is 308 g/mol. The number of fused-ring (bicyclic) bond motifs is 1. The lowest BCUT2D eigenvalue weighted by atomic mass is 10.0. The molecule has 1 aliphatic rings. The molecular weight excluding hydrogens is 288 g/mol. The molecule has 0 spiro atoms. The molecule has 0 radical (unpaired) electrons. The van der Waals surface area contributed by atoms with E-state index >= 15 is 0 Å². The summed E-state index contributed by atoms with van der Waals surface area (Å²) in [6.45, 7) is 4.09. The number of aryl methyl sites for hydroxylation is 1. The van der Waals surface area contributed by atoms with Crippen molar-refractivity contribution in [2.24, 2.45) is 0 Å². The van der Waals surface area contributed by atoms with Crippen molar-refractivity contribution in [1.82, 2.24) is 5.32 Å². The number of carbonyl (C=O) groups is 2. The van der Waals surface area contributed by atoms with Gasteiger partial charge in [0.05, 0.1) is 12.5 Å². The minimum atomic E-state index is -0.126. The topological polar surface area (TPSA) is 58.2 Å². The second-order valence-corrected chi connectivity index (χ2v) is 5.89. The Hall–Kier alpha value is -2.62. The number of amides is 2. The molecule has 0 fully saturated rings. The zero-order chi connectivity index (χ0) is 16.4. The summed E-state index contributed by atoms with van der Waals surface area (Å²) in [6, 6.07) is 13.5. The van der Waals surface area contributed by atoms with Gasteiger partial charge in [0.25, 0.3) is 5.91 Å². The molecule has 1 heterocycles. The molecule has 3 rings (SSSR count). The van der Waals surface area contributed by atoms with E-state index in [1.54, 1.807) is 18.2 Å². The summed E-state index contributed by atoms with van der Waals surface area (Å²) in [6.07, 6.45) is 1.34. The molecule has 1 atom stereocenters. The molecule has 23 heavy (non-hydrogen) atoms. The van der Waals surface area contributed by atoms with Crippen molar-refractivity contribution < 1.29 is 9.59 Å². The van der Waals surface area contributed by atoms with Gasteiger partial charge in [-0.15, -0.1) is 0 Å². The van der Waals surface area contributed by atoms with E-state index in [1.165, 1.54) is 5.56 Å². The Labute approximate surface area is 135 Å². The highest BCUT2D eigenvalue weighted by atomic mass is 16.2. The number of nitrogens with one attached hydrogen (secondary N) is 2. The third-order valence-corrected chi connectivity index (χ3v) is 4.23. The van der Waals surface area contributed by atoms with Gasteiger partial charge in [-0.3, -0.25) is 9.59 Å². The van der Waals surface area contributed by atoms with Gasteiger partial charge in [0.15, 0.2) is 0 Å². The largest absolute Gasteiger partial charge is 0.346 e. The van der Waals surface area contributed by atoms with Crippen LogP contribution in [0.1, 0.15) is 46.9 Å². The Morgan fingerprint density at radius 2 is 1.96 bits per heavy atom. The van der Waals surface area contributed by atoms with Gasteiger partial charge in [-0.25, -0.2) is 0 Å². The summed E-state index contributed by atoms with van der Waals surface area (Å²) in [5.41, 5.74) is 4.62. The van der Waals surface area contributed by atoms with E-state index in [9.17, 15) is 9.59 Å². The molecule has 2 amide bonds. The fourth-order valence-corrected chi connectivity index (χ4v) is 2.78. The molecule has 2 aromatic carbocycles. The standard InChI is InChI=1S/C19H20N2O2/c1-3-13-4-6-14(7-5-13)12(2)20-19(23)15-8-9-17-16(10-15)11-18(22)21-17/h4-10,12H,3,11H2,1-2H3,(H,20,23)(H,21,22). The number of carbonyl (C=O) groups excluding carboxylic acids is 2. The molecule has 4 heteroatoms. The van der Waals surface area contributed by atoms with Crippen molar-refractivity contribution in [3.63, 3.8) is 0 Å². The fraction of sp³-hybridized carbons (Fsp3) is 0.263. The summed E-state index contributed by atoms with van der Waals surface area (Å²) in [5.74, 6) is -0.152. The molecule has 4 nitrogen and oxygen atoms in total. The first-order chi connectivity index (χ1) is 11.1. The molecule has 0 aromatic heterocycles. The fourth-order valence-electron chi connectivity index (χ4n) is 2.78. The average Bonchev–Trinajstić information content (AvgIpc) is 2.93. The zero-order valence-corrected chi connectivity index (χ0v) is 13.3. The second-order valence-electron chi connectivity index (χ2n) is 5.89. The average molecular weight is 308 g/mol. The number of rotatable bonds is 4. The third kappa shape index (κ3) is 3.26. The van der Waals surface area contributed by atoms with Gasteiger partial charge in [-0.2, -0.15) is 0 Å². The predicted molar refractivity (Wildman–Crippen MR) is 90.5 cm³/mol. The first-order valence-electron chi connectivity index (χ1n) is 7.89. The van der Waals surface area contributed by atoms with Crippen LogP contribution in [-0.2, 0) is 17.6 Å². The molecule has 1 aliphatic heterocycles. The van der Waals surface area contributed by atoms with Crippen LogP contribution in [0.2, 0.25) is 0 Å². The van der Waals surface area contributed by atoms with Gasteiger partial charge in [0, 0.05) is 11.3 Å². The molecular formula is C19H20N2O2. The summed E-state index contributed by atoms with van der Waals surface area (Å²) in [4.78, 5) is 23.8. The third-order valence-electron chi connectivity index (χ3n) is 4.23. The van der Waals surface area contributed by atoms with Gasteiger partial charge in [-0.05, 0) is 48.2 Å². The van der Waals surface area contributed by atoms with Crippen molar-refractivity contribution in [3.05, 3.63) is 64.7 Å². The summed E-state index contributed by atoms with van der Waals surface area (Å²) < 4.78 is 0. The highest BCUT2D eigenvalue weighted by Gasteiger charge is 2.19. The highest BCUT2D eigenvalue weighted by molar-refractivity contribution is 6.01. The summed E-state index contributed by atoms with van der Waals surface area (Å²) in [5, 5.41) is 5.78. The van der Waals surface area contributed by atoms with Crippen LogP contribution in [0.5, 0.6) is 0 Å². The van der Waals surface area contributed by atoms with Crippen LogP contribution in [0.25, 0.3) is 0 Å². The molecule has 0 bridgehead atoms. The normalized spacial score (nSPS) is 14.1. The Morgan fingerprint density at radius 1 is 1.22 bits per heavy atom. The Bertz CT molecular complexity index is 750. The van der Waals surface area contributed by atoms with Crippen LogP contribution in [0.3, 0.4) is 0 Å². The molecule has 0 saturated carbocycles. The lowest BCUT2D eigenvalue weighted by Gasteiger charge is -2.15. The molecule has 2 N–H and O–H groups in total. The van der Waals surface area contributed by atoms with Crippen molar-refractivity contribution in [3.8, 4) is 0 Å². The first kappa shape index (κ1) is 15.3. The van der Waals surface area contributed by atoms with E-state index in [1.807, 2.05) is 6.92 Å². The highest BCUT2D eigenvalue weighted by Crippen LogP contribution is 2.24. The van der Waals surface area contributed by atoms with Crippen LogP contribution in [0, 0.1) is 0 Å². The summed E-state index contributed by atoms with van der Waals surface area (Å²) >= 11 is 0. The van der Waals surface area contributed by atoms with Gasteiger partial charge in [0.2, 0.25) is 5.91 Å². The maximum Gasteiger partial charge on any atom is 0.251 e. The van der Waals surface area contributed by atoms with E-state index in [0.29, 0.717) is 12.0 Å². The maximum absolute atomic E-state index is 12.4. The predicted octanol–water partition coefficient (Wildman–Crippen LogP) is 3.23. The van der Waals surface area contributed by atoms with Gasteiger partial charge < -0.3 is 10.6 Å². The smallest absolute Gasteiger partial charge is 0.251 e. The van der Waals surface area contributed by atoms with E-state index < -0.39 is 0 Å². The lowest BCUT2D eigenvalue weighted by molar-refractivity contribution is -0.115. The molecule has 0 aliphatic carbocycles. The minimum Gasteiger partial charge on any atom is -0.346 e. The van der Waals surface area contributed by atoms with Crippen LogP contribution in [0.4, 0.5) is 5.69 Å². The minimum absolute atomic E-state index is 0.0260. The van der Waals surface area contributed by atoms with Crippen LogP contribution >= 0.6 is 0 Å². The Morgan fingerprint density at radius 3 is 2.65 bits per heavy atom. The van der Waals surface area contributed by atoms with Gasteiger partial charge in [0.1, 0.15) is 0 Å². The number of hydrogen-bond acceptors (Lipinski definition) is 2. The Kier molecular flexibility index (Phi) is 4.15. The SMILES string of the molecule is CCc1ccc(C(C)NC(=O)c2ccc3c(c2)CC(=O)N3)cc1. The maximum atomic E-state index is 12.4. The first-order valence-corrected chi connectivity index (χ1v) is 7.89. The van der Waals surface area contributed by atoms with Crippen molar-refractivity contribution in [2.75, 3.05) is 5.32 Å². The zero-order valence-electron chi connectivity index (χ0n) is 13.3. The van der Waals surface area contributed by atoms with Crippen molar-refractivity contribution in [2.45, 2.75) is 32.7 Å². The van der Waals surface area contributed by atoms with Crippen LogP contribution in [-0.4, -0.2) is 11.8 Å². The van der Waals surface area contributed by atoms with E-state index in [-0.39, 0.29) is 17.9 Å². The number of anilines is 1. The lowest BCUT2D eigenvalue weighted by Crippen LogP contribution is -2.26. The second kappa shape index (κ2) is 6.24. The quantitative estimate of drug-likeness (QED) is 0.911. The van der Waals surface area contributed by atoms with E-state index in [2.05, 4.69) is 41.8 Å². The van der Waals surface area contributed by atoms with Crippen molar-refractivity contribution >= 4 is 17.5 Å². The van der Waals surface area contributed by atoms with E-state index in [0.717, 1.165) is 23.2 Å². The molecule has 118 valence electrons. The molecule has 0 saturated heterocycles. The molecule has 1 unspecified atom stereocenters.